The molecule has 1 nitrogen and oxygen atoms in total. The average Bonchev–Trinajstić information content (AvgIpc) is 2.34. The van der Waals surface area contributed by atoms with Crippen LogP contribution in [-0.2, 0) is 0 Å². The molecule has 0 fully saturated rings. The molecule has 19 heavy (non-hydrogen) atoms. The largest absolute Gasteiger partial charge is 0.378 e. The highest BCUT2D eigenvalue weighted by Crippen LogP contribution is 2.28. The third kappa shape index (κ3) is 3.16. The van der Waals surface area contributed by atoms with E-state index < -0.39 is 0 Å². The minimum absolute atomic E-state index is 0.107. The molecule has 0 bridgehead atoms. The van der Waals surface area contributed by atoms with Crippen molar-refractivity contribution < 1.29 is 4.39 Å². The summed E-state index contributed by atoms with van der Waals surface area (Å²) in [5.74, 6) is -0.227. The van der Waals surface area contributed by atoms with Crippen LogP contribution in [0.5, 0.6) is 0 Å². The number of hydrogen-bond acceptors (Lipinski definition) is 1. The highest BCUT2D eigenvalue weighted by Gasteiger charge is 2.11. The number of aryl methyl sites for hydroxylation is 1. The third-order valence-corrected chi connectivity index (χ3v) is 4.09. The molecule has 0 aliphatic heterocycles. The van der Waals surface area contributed by atoms with Crippen LogP contribution in [-0.4, -0.2) is 0 Å². The lowest BCUT2D eigenvalue weighted by molar-refractivity contribution is 0.625. The fraction of sp³-hybridized carbons (Fsp3) is 0.250. The van der Waals surface area contributed by atoms with E-state index in [0.29, 0.717) is 0 Å². The lowest BCUT2D eigenvalue weighted by atomic mass is 10.0. The lowest BCUT2D eigenvalue weighted by Crippen LogP contribution is -2.09. The Kier molecular flexibility index (Phi) is 4.25. The van der Waals surface area contributed by atoms with Gasteiger partial charge in [-0.15, -0.1) is 0 Å². The minimum atomic E-state index is -0.227. The van der Waals surface area contributed by atoms with Crippen molar-refractivity contribution in [2.45, 2.75) is 26.8 Å². The van der Waals surface area contributed by atoms with Crippen LogP contribution in [0.2, 0.25) is 0 Å². The third-order valence-electron chi connectivity index (χ3n) is 3.41. The van der Waals surface area contributed by atoms with Gasteiger partial charge in [0.15, 0.2) is 0 Å². The zero-order valence-electron chi connectivity index (χ0n) is 11.3. The lowest BCUT2D eigenvalue weighted by Gasteiger charge is -2.19. The summed E-state index contributed by atoms with van der Waals surface area (Å²) in [6.07, 6.45) is 0. The van der Waals surface area contributed by atoms with E-state index in [0.717, 1.165) is 15.7 Å². The van der Waals surface area contributed by atoms with E-state index in [1.165, 1.54) is 23.3 Å². The highest BCUT2D eigenvalue weighted by molar-refractivity contribution is 9.10. The van der Waals surface area contributed by atoms with E-state index in [1.807, 2.05) is 12.1 Å². The predicted molar refractivity (Wildman–Crippen MR) is 82.1 cm³/mol. The molecule has 0 spiro atoms. The SMILES string of the molecule is Cc1cccc(NC(C)c2ccc(F)cc2Br)c1C. The van der Waals surface area contributed by atoms with Crippen LogP contribution in [0.1, 0.15) is 29.7 Å². The molecular weight excluding hydrogens is 305 g/mol. The first-order valence-corrected chi connectivity index (χ1v) is 7.06. The molecule has 100 valence electrons. The fourth-order valence-corrected chi connectivity index (χ4v) is 2.77. The molecule has 2 aromatic carbocycles. The fourth-order valence-electron chi connectivity index (χ4n) is 2.07. The quantitative estimate of drug-likeness (QED) is 0.800. The van der Waals surface area contributed by atoms with Gasteiger partial charge in [-0.3, -0.25) is 0 Å². The van der Waals surface area contributed by atoms with Crippen LogP contribution in [0, 0.1) is 19.7 Å². The molecule has 0 heterocycles. The molecule has 0 aromatic heterocycles. The van der Waals surface area contributed by atoms with Gasteiger partial charge in [-0.2, -0.15) is 0 Å². The van der Waals surface area contributed by atoms with Crippen LogP contribution in [0.15, 0.2) is 40.9 Å². The van der Waals surface area contributed by atoms with Crippen molar-refractivity contribution in [3.8, 4) is 0 Å². The Morgan fingerprint density at radius 1 is 1.16 bits per heavy atom. The van der Waals surface area contributed by atoms with Crippen molar-refractivity contribution in [3.05, 3.63) is 63.4 Å². The number of anilines is 1. The summed E-state index contributed by atoms with van der Waals surface area (Å²) < 4.78 is 13.9. The standard InChI is InChI=1S/C16H17BrFN/c1-10-5-4-6-16(11(10)2)19-12(3)14-8-7-13(18)9-15(14)17/h4-9,12,19H,1-3H3. The van der Waals surface area contributed by atoms with Gasteiger partial charge in [0.2, 0.25) is 0 Å². The van der Waals surface area contributed by atoms with Crippen molar-refractivity contribution >= 4 is 21.6 Å². The monoisotopic (exact) mass is 321 g/mol. The highest BCUT2D eigenvalue weighted by atomic mass is 79.9. The number of nitrogens with one attached hydrogen (secondary N) is 1. The Morgan fingerprint density at radius 3 is 2.58 bits per heavy atom. The van der Waals surface area contributed by atoms with Crippen LogP contribution in [0.3, 0.4) is 0 Å². The van der Waals surface area contributed by atoms with Gasteiger partial charge < -0.3 is 5.32 Å². The molecule has 2 aromatic rings. The van der Waals surface area contributed by atoms with Crippen LogP contribution in [0.4, 0.5) is 10.1 Å². The first-order chi connectivity index (χ1) is 8.99. The van der Waals surface area contributed by atoms with E-state index in [4.69, 9.17) is 0 Å². The Hall–Kier alpha value is -1.35. The molecule has 0 saturated heterocycles. The topological polar surface area (TPSA) is 12.0 Å². The molecule has 0 amide bonds. The molecule has 1 N–H and O–H groups in total. The van der Waals surface area contributed by atoms with Crippen LogP contribution >= 0.6 is 15.9 Å². The Morgan fingerprint density at radius 2 is 1.89 bits per heavy atom. The van der Waals surface area contributed by atoms with Gasteiger partial charge >= 0.3 is 0 Å². The summed E-state index contributed by atoms with van der Waals surface area (Å²) in [7, 11) is 0. The summed E-state index contributed by atoms with van der Waals surface area (Å²) >= 11 is 3.41. The molecule has 1 unspecified atom stereocenters. The molecule has 3 heteroatoms. The summed E-state index contributed by atoms with van der Waals surface area (Å²) in [4.78, 5) is 0. The van der Waals surface area contributed by atoms with Gasteiger partial charge in [-0.1, -0.05) is 34.1 Å². The first-order valence-electron chi connectivity index (χ1n) is 6.26. The second kappa shape index (κ2) is 5.74. The van der Waals surface area contributed by atoms with Crippen molar-refractivity contribution in [1.29, 1.82) is 0 Å². The zero-order chi connectivity index (χ0) is 14.0. The molecule has 0 saturated carbocycles. The van der Waals surface area contributed by atoms with Crippen molar-refractivity contribution in [2.24, 2.45) is 0 Å². The molecule has 0 aliphatic rings. The van der Waals surface area contributed by atoms with E-state index in [-0.39, 0.29) is 11.9 Å². The van der Waals surface area contributed by atoms with Crippen molar-refractivity contribution in [2.75, 3.05) is 5.32 Å². The number of halogens is 2. The van der Waals surface area contributed by atoms with Crippen molar-refractivity contribution in [3.63, 3.8) is 0 Å². The smallest absolute Gasteiger partial charge is 0.124 e. The molecule has 0 radical (unpaired) electrons. The maximum absolute atomic E-state index is 13.1. The van der Waals surface area contributed by atoms with Gasteiger partial charge in [0, 0.05) is 16.2 Å². The van der Waals surface area contributed by atoms with Gasteiger partial charge in [0.1, 0.15) is 5.82 Å². The summed E-state index contributed by atoms with van der Waals surface area (Å²) in [6, 6.07) is 11.1. The first kappa shape index (κ1) is 14.1. The Bertz CT molecular complexity index is 595. The summed E-state index contributed by atoms with van der Waals surface area (Å²) in [6.45, 7) is 6.27. The minimum Gasteiger partial charge on any atom is -0.378 e. The number of benzene rings is 2. The van der Waals surface area contributed by atoms with E-state index in [9.17, 15) is 4.39 Å². The average molecular weight is 322 g/mol. The summed E-state index contributed by atoms with van der Waals surface area (Å²) in [5.41, 5.74) is 4.66. The van der Waals surface area contributed by atoms with Gasteiger partial charge in [-0.25, -0.2) is 4.39 Å². The number of hydrogen-bond donors (Lipinski definition) is 1. The molecule has 1 atom stereocenters. The normalized spacial score (nSPS) is 12.3. The van der Waals surface area contributed by atoms with Gasteiger partial charge in [0.05, 0.1) is 0 Å². The van der Waals surface area contributed by atoms with E-state index >= 15 is 0 Å². The van der Waals surface area contributed by atoms with E-state index in [2.05, 4.69) is 54.2 Å². The van der Waals surface area contributed by atoms with Crippen LogP contribution in [0.25, 0.3) is 0 Å². The second-order valence-electron chi connectivity index (χ2n) is 4.78. The Labute approximate surface area is 122 Å². The predicted octanol–water partition coefficient (Wildman–Crippen LogP) is 5.38. The van der Waals surface area contributed by atoms with E-state index in [1.54, 1.807) is 0 Å². The van der Waals surface area contributed by atoms with Crippen molar-refractivity contribution in [1.82, 2.24) is 0 Å². The van der Waals surface area contributed by atoms with Gasteiger partial charge in [-0.05, 0) is 55.7 Å². The maximum Gasteiger partial charge on any atom is 0.124 e. The molecule has 2 rings (SSSR count). The second-order valence-corrected chi connectivity index (χ2v) is 5.63. The van der Waals surface area contributed by atoms with Gasteiger partial charge in [0.25, 0.3) is 0 Å². The maximum atomic E-state index is 13.1. The molecule has 0 aliphatic carbocycles. The molecular formula is C16H17BrFN. The zero-order valence-corrected chi connectivity index (χ0v) is 12.9. The number of rotatable bonds is 3. The Balaban J connectivity index is 2.25. The summed E-state index contributed by atoms with van der Waals surface area (Å²) in [5, 5.41) is 3.48. The van der Waals surface area contributed by atoms with Crippen LogP contribution < -0.4 is 5.32 Å².